The summed E-state index contributed by atoms with van der Waals surface area (Å²) in [6, 6.07) is 2.32. The van der Waals surface area contributed by atoms with Gasteiger partial charge < -0.3 is 0 Å². The maximum absolute atomic E-state index is 5.32. The molecule has 16 heavy (non-hydrogen) atoms. The fourth-order valence-corrected chi connectivity index (χ4v) is 7.73. The Labute approximate surface area is 109 Å². The molecule has 0 aliphatic heterocycles. The molecule has 0 nitrogen and oxygen atoms in total. The third-order valence-electron chi connectivity index (χ3n) is 5.02. The van der Waals surface area contributed by atoms with Crippen molar-refractivity contribution in [2.75, 3.05) is 0 Å². The number of hydrogen-bond donors (Lipinski definition) is 0. The Hall–Kier alpha value is 0.270. The minimum absolute atomic E-state index is 0.576. The summed E-state index contributed by atoms with van der Waals surface area (Å²) in [5.74, 6) is 3.14. The molecule has 5 rings (SSSR count). The summed E-state index contributed by atoms with van der Waals surface area (Å²) in [5.41, 5.74) is 0.576. The molecule has 0 unspecified atom stereocenters. The first kappa shape index (κ1) is 10.2. The molecule has 0 spiro atoms. The molecule has 0 N–H and O–H groups in total. The monoisotopic (exact) mass is 268 g/mol. The van der Waals surface area contributed by atoms with Crippen LogP contribution in [0, 0.1) is 21.6 Å². The molecule has 4 aliphatic rings. The Morgan fingerprint density at radius 3 is 2.00 bits per heavy atom. The molecule has 3 heteroatoms. The van der Waals surface area contributed by atoms with Crippen LogP contribution < -0.4 is 0 Å². The lowest BCUT2D eigenvalue weighted by Gasteiger charge is -2.56. The van der Waals surface area contributed by atoms with Gasteiger partial charge in [0.1, 0.15) is 3.82 Å². The van der Waals surface area contributed by atoms with E-state index in [1.165, 1.54) is 38.5 Å². The van der Waals surface area contributed by atoms with Crippen molar-refractivity contribution in [1.82, 2.24) is 0 Å². The van der Waals surface area contributed by atoms with Crippen LogP contribution in [0.4, 0.5) is 0 Å². The smallest absolute Gasteiger partial charge is 0.0831 e. The molecule has 1 aromatic heterocycles. The van der Waals surface area contributed by atoms with Crippen molar-refractivity contribution in [1.29, 1.82) is 0 Å². The lowest BCUT2D eigenvalue weighted by atomic mass is 9.49. The number of hydrogen-bond acceptors (Lipinski definition) is 3. The molecule has 0 radical (unpaired) electrons. The molecule has 1 heterocycles. The fourth-order valence-electron chi connectivity index (χ4n) is 4.90. The maximum atomic E-state index is 5.32. The Morgan fingerprint density at radius 1 is 1.00 bits per heavy atom. The standard InChI is InChI=1S/C13H16S3/c14-12-4-11(15-16-12)13-5-8-1-9(6-13)3-10(2-8)7-13/h4,8-10H,1-3,5-7H2. The molecule has 1 aromatic rings. The topological polar surface area (TPSA) is 0 Å². The Balaban J connectivity index is 1.79. The van der Waals surface area contributed by atoms with E-state index in [9.17, 15) is 0 Å². The second kappa shape index (κ2) is 3.39. The predicted octanol–water partition coefficient (Wildman–Crippen LogP) is 5.01. The predicted molar refractivity (Wildman–Crippen MR) is 72.9 cm³/mol. The van der Waals surface area contributed by atoms with Crippen LogP contribution in [0.3, 0.4) is 0 Å². The van der Waals surface area contributed by atoms with Gasteiger partial charge in [-0.1, -0.05) is 32.9 Å². The minimum Gasteiger partial charge on any atom is -0.0831 e. The largest absolute Gasteiger partial charge is 0.102 e. The van der Waals surface area contributed by atoms with Gasteiger partial charge in [0.15, 0.2) is 0 Å². The summed E-state index contributed by atoms with van der Waals surface area (Å²) in [7, 11) is 3.79. The minimum atomic E-state index is 0.576. The van der Waals surface area contributed by atoms with E-state index in [-0.39, 0.29) is 0 Å². The van der Waals surface area contributed by atoms with E-state index >= 15 is 0 Å². The van der Waals surface area contributed by atoms with E-state index in [0.29, 0.717) is 5.41 Å². The zero-order chi connectivity index (χ0) is 10.8. The molecule has 4 fully saturated rings. The van der Waals surface area contributed by atoms with Gasteiger partial charge in [0.2, 0.25) is 0 Å². The second-order valence-corrected chi connectivity index (χ2v) is 9.10. The van der Waals surface area contributed by atoms with Gasteiger partial charge in [-0.15, -0.1) is 0 Å². The van der Waals surface area contributed by atoms with Crippen LogP contribution in [0.2, 0.25) is 0 Å². The van der Waals surface area contributed by atoms with Gasteiger partial charge in [0, 0.05) is 10.3 Å². The van der Waals surface area contributed by atoms with Crippen molar-refractivity contribution in [2.24, 2.45) is 17.8 Å². The highest BCUT2D eigenvalue weighted by atomic mass is 32.9. The van der Waals surface area contributed by atoms with Crippen LogP contribution in [0.15, 0.2) is 6.07 Å². The zero-order valence-corrected chi connectivity index (χ0v) is 11.7. The van der Waals surface area contributed by atoms with E-state index < -0.39 is 0 Å². The SMILES string of the molecule is S=c1cc(C23CC4CC(CC(C4)C2)C3)ss1. The highest BCUT2D eigenvalue weighted by Gasteiger charge is 2.52. The Bertz CT molecular complexity index is 432. The summed E-state index contributed by atoms with van der Waals surface area (Å²) >= 11 is 5.32. The van der Waals surface area contributed by atoms with Crippen molar-refractivity contribution in [3.63, 3.8) is 0 Å². The highest BCUT2D eigenvalue weighted by Crippen LogP contribution is 2.61. The summed E-state index contributed by atoms with van der Waals surface area (Å²) in [5, 5.41) is 0. The van der Waals surface area contributed by atoms with Crippen LogP contribution in [0.25, 0.3) is 0 Å². The van der Waals surface area contributed by atoms with Crippen molar-refractivity contribution in [2.45, 2.75) is 43.9 Å². The summed E-state index contributed by atoms with van der Waals surface area (Å²) in [4.78, 5) is 1.64. The van der Waals surface area contributed by atoms with Crippen molar-refractivity contribution in [3.8, 4) is 0 Å². The Morgan fingerprint density at radius 2 is 1.56 bits per heavy atom. The molecule has 4 saturated carbocycles. The third-order valence-corrected chi connectivity index (χ3v) is 8.13. The van der Waals surface area contributed by atoms with Crippen LogP contribution in [-0.4, -0.2) is 0 Å². The van der Waals surface area contributed by atoms with E-state index in [4.69, 9.17) is 12.2 Å². The lowest BCUT2D eigenvalue weighted by Crippen LogP contribution is -2.48. The molecule has 0 aromatic carbocycles. The molecule has 0 saturated heterocycles. The van der Waals surface area contributed by atoms with Crippen LogP contribution in [0.1, 0.15) is 43.4 Å². The first-order valence-corrected chi connectivity index (χ1v) is 8.90. The van der Waals surface area contributed by atoms with Gasteiger partial charge in [-0.05, 0) is 62.3 Å². The average molecular weight is 268 g/mol. The zero-order valence-electron chi connectivity index (χ0n) is 9.28. The maximum Gasteiger partial charge on any atom is 0.102 e. The van der Waals surface area contributed by atoms with E-state index in [2.05, 4.69) is 6.07 Å². The lowest BCUT2D eigenvalue weighted by molar-refractivity contribution is -0.00347. The van der Waals surface area contributed by atoms with Gasteiger partial charge in [-0.3, -0.25) is 0 Å². The molecule has 4 aliphatic carbocycles. The molecular formula is C13H16S3. The van der Waals surface area contributed by atoms with Crippen LogP contribution in [0.5, 0.6) is 0 Å². The highest BCUT2D eigenvalue weighted by molar-refractivity contribution is 7.79. The fraction of sp³-hybridized carbons (Fsp3) is 0.769. The number of rotatable bonds is 1. The van der Waals surface area contributed by atoms with Crippen molar-refractivity contribution < 1.29 is 0 Å². The summed E-state index contributed by atoms with van der Waals surface area (Å²) in [6.07, 6.45) is 9.03. The molecule has 0 atom stereocenters. The Kier molecular flexibility index (Phi) is 2.17. The van der Waals surface area contributed by atoms with Gasteiger partial charge in [0.25, 0.3) is 0 Å². The second-order valence-electron chi connectivity index (χ2n) is 6.19. The van der Waals surface area contributed by atoms with Crippen LogP contribution >= 0.6 is 32.9 Å². The first-order valence-electron chi connectivity index (χ1n) is 6.34. The van der Waals surface area contributed by atoms with Gasteiger partial charge in [-0.2, -0.15) is 0 Å². The molecule has 86 valence electrons. The van der Waals surface area contributed by atoms with Crippen LogP contribution in [-0.2, 0) is 5.41 Å². The quantitative estimate of drug-likeness (QED) is 0.510. The average Bonchev–Trinajstić information content (AvgIpc) is 2.63. The molecular weight excluding hydrogens is 252 g/mol. The van der Waals surface area contributed by atoms with Gasteiger partial charge in [0.05, 0.1) is 0 Å². The first-order chi connectivity index (χ1) is 7.73. The van der Waals surface area contributed by atoms with E-state index in [1.54, 1.807) is 4.88 Å². The summed E-state index contributed by atoms with van der Waals surface area (Å²) in [6.45, 7) is 0. The van der Waals surface area contributed by atoms with Crippen molar-refractivity contribution in [3.05, 3.63) is 14.8 Å². The van der Waals surface area contributed by atoms with E-state index in [0.717, 1.165) is 21.6 Å². The third kappa shape index (κ3) is 1.41. The normalized spacial score (nSPS) is 45.1. The summed E-state index contributed by atoms with van der Waals surface area (Å²) < 4.78 is 1.11. The molecule has 0 amide bonds. The van der Waals surface area contributed by atoms with Crippen molar-refractivity contribution >= 4 is 32.9 Å². The van der Waals surface area contributed by atoms with Gasteiger partial charge >= 0.3 is 0 Å². The molecule has 4 bridgehead atoms. The van der Waals surface area contributed by atoms with Gasteiger partial charge in [-0.25, -0.2) is 0 Å². The van der Waals surface area contributed by atoms with E-state index in [1.807, 2.05) is 20.7 Å².